The zero-order valence-electron chi connectivity index (χ0n) is 9.74. The molecule has 6 nitrogen and oxygen atoms in total. The highest BCUT2D eigenvalue weighted by molar-refractivity contribution is 5.53. The van der Waals surface area contributed by atoms with Crippen LogP contribution in [-0.2, 0) is 0 Å². The number of rotatable bonds is 3. The number of hydrogen-bond donors (Lipinski definition) is 1. The molecule has 0 atom stereocenters. The summed E-state index contributed by atoms with van der Waals surface area (Å²) < 4.78 is 5.48. The summed E-state index contributed by atoms with van der Waals surface area (Å²) in [4.78, 5) is 10.1. The zero-order valence-corrected chi connectivity index (χ0v) is 9.74. The van der Waals surface area contributed by atoms with E-state index in [0.717, 1.165) is 0 Å². The molecule has 0 spiro atoms. The second kappa shape index (κ2) is 5.06. The standard InChI is InChI=1S/C13H9N3O3/c14-8-9-6-12(4-5-13(9)16(17)18)19-11-3-1-2-10(15)7-11/h1-7H,15H2. The third-order valence-electron chi connectivity index (χ3n) is 2.38. The fraction of sp³-hybridized carbons (Fsp3) is 0. The van der Waals surface area contributed by atoms with Crippen molar-refractivity contribution in [3.05, 3.63) is 58.1 Å². The summed E-state index contributed by atoms with van der Waals surface area (Å²) in [6.07, 6.45) is 0. The van der Waals surface area contributed by atoms with Gasteiger partial charge in [0.1, 0.15) is 23.1 Å². The van der Waals surface area contributed by atoms with E-state index in [1.165, 1.54) is 18.2 Å². The number of nitrogens with two attached hydrogens (primary N) is 1. The van der Waals surface area contributed by atoms with Crippen LogP contribution in [0.3, 0.4) is 0 Å². The molecule has 0 heterocycles. The Hall–Kier alpha value is -3.07. The van der Waals surface area contributed by atoms with Gasteiger partial charge in [0, 0.05) is 23.9 Å². The molecule has 0 aromatic heterocycles. The molecule has 0 aliphatic rings. The Morgan fingerprint density at radius 1 is 1.21 bits per heavy atom. The number of nitro groups is 1. The maximum Gasteiger partial charge on any atom is 0.287 e. The topological polar surface area (TPSA) is 102 Å². The van der Waals surface area contributed by atoms with E-state index >= 15 is 0 Å². The molecule has 94 valence electrons. The molecular weight excluding hydrogens is 246 g/mol. The average Bonchev–Trinajstić information content (AvgIpc) is 2.38. The van der Waals surface area contributed by atoms with Crippen molar-refractivity contribution in [2.45, 2.75) is 0 Å². The first-order valence-electron chi connectivity index (χ1n) is 5.32. The summed E-state index contributed by atoms with van der Waals surface area (Å²) in [5.41, 5.74) is 5.85. The van der Waals surface area contributed by atoms with Crippen LogP contribution in [0.5, 0.6) is 11.5 Å². The van der Waals surface area contributed by atoms with Gasteiger partial charge in [-0.25, -0.2) is 0 Å². The number of nitriles is 1. The minimum Gasteiger partial charge on any atom is -0.457 e. The van der Waals surface area contributed by atoms with Crippen LogP contribution in [0.1, 0.15) is 5.56 Å². The molecule has 2 aromatic carbocycles. The van der Waals surface area contributed by atoms with Crippen molar-refractivity contribution in [1.82, 2.24) is 0 Å². The lowest BCUT2D eigenvalue weighted by Crippen LogP contribution is -1.93. The number of ether oxygens (including phenoxy) is 1. The van der Waals surface area contributed by atoms with E-state index in [4.69, 9.17) is 15.7 Å². The van der Waals surface area contributed by atoms with E-state index in [1.807, 2.05) is 0 Å². The minimum atomic E-state index is -0.608. The fourth-order valence-electron chi connectivity index (χ4n) is 1.54. The maximum absolute atomic E-state index is 10.7. The number of nitrogens with zero attached hydrogens (tertiary/aromatic N) is 2. The fourth-order valence-corrected chi connectivity index (χ4v) is 1.54. The van der Waals surface area contributed by atoms with Crippen LogP contribution in [0.25, 0.3) is 0 Å². The van der Waals surface area contributed by atoms with E-state index in [1.54, 1.807) is 30.3 Å². The summed E-state index contributed by atoms with van der Waals surface area (Å²) in [6.45, 7) is 0. The lowest BCUT2D eigenvalue weighted by molar-refractivity contribution is -0.385. The number of hydrogen-bond acceptors (Lipinski definition) is 5. The Labute approximate surface area is 108 Å². The third-order valence-corrected chi connectivity index (χ3v) is 2.38. The van der Waals surface area contributed by atoms with Gasteiger partial charge in [0.25, 0.3) is 5.69 Å². The van der Waals surface area contributed by atoms with Crippen LogP contribution >= 0.6 is 0 Å². The molecule has 0 bridgehead atoms. The highest BCUT2D eigenvalue weighted by atomic mass is 16.6. The van der Waals surface area contributed by atoms with Gasteiger partial charge in [-0.2, -0.15) is 5.26 Å². The molecule has 0 unspecified atom stereocenters. The van der Waals surface area contributed by atoms with E-state index in [0.29, 0.717) is 17.2 Å². The van der Waals surface area contributed by atoms with E-state index < -0.39 is 4.92 Å². The first kappa shape index (κ1) is 12.4. The molecule has 6 heteroatoms. The van der Waals surface area contributed by atoms with Crippen molar-refractivity contribution in [1.29, 1.82) is 5.26 Å². The molecule has 2 aromatic rings. The summed E-state index contributed by atoms with van der Waals surface area (Å²) in [6, 6.07) is 12.5. The molecule has 0 saturated heterocycles. The largest absolute Gasteiger partial charge is 0.457 e. The van der Waals surface area contributed by atoms with Crippen LogP contribution in [-0.4, -0.2) is 4.92 Å². The highest BCUT2D eigenvalue weighted by Gasteiger charge is 2.14. The summed E-state index contributed by atoms with van der Waals surface area (Å²) in [7, 11) is 0. The van der Waals surface area contributed by atoms with Crippen molar-refractivity contribution >= 4 is 11.4 Å². The third kappa shape index (κ3) is 2.79. The Morgan fingerprint density at radius 3 is 2.58 bits per heavy atom. The van der Waals surface area contributed by atoms with E-state index in [-0.39, 0.29) is 11.3 Å². The predicted molar refractivity (Wildman–Crippen MR) is 68.7 cm³/mol. The van der Waals surface area contributed by atoms with Gasteiger partial charge in [-0.3, -0.25) is 10.1 Å². The average molecular weight is 255 g/mol. The van der Waals surface area contributed by atoms with E-state index in [2.05, 4.69) is 0 Å². The second-order valence-corrected chi connectivity index (χ2v) is 3.72. The lowest BCUT2D eigenvalue weighted by Gasteiger charge is -2.06. The lowest BCUT2D eigenvalue weighted by atomic mass is 10.2. The molecule has 2 N–H and O–H groups in total. The van der Waals surface area contributed by atoms with Gasteiger partial charge in [-0.1, -0.05) is 6.07 Å². The summed E-state index contributed by atoms with van der Waals surface area (Å²) in [5, 5.41) is 19.6. The Morgan fingerprint density at radius 2 is 1.95 bits per heavy atom. The Kier molecular flexibility index (Phi) is 3.30. The van der Waals surface area contributed by atoms with Gasteiger partial charge in [-0.15, -0.1) is 0 Å². The molecular formula is C13H9N3O3. The number of nitro benzene ring substituents is 1. The van der Waals surface area contributed by atoms with Gasteiger partial charge in [0.15, 0.2) is 0 Å². The summed E-state index contributed by atoms with van der Waals surface area (Å²) in [5.74, 6) is 0.838. The molecule has 0 aliphatic carbocycles. The van der Waals surface area contributed by atoms with Gasteiger partial charge in [0.2, 0.25) is 0 Å². The monoisotopic (exact) mass is 255 g/mol. The molecule has 19 heavy (non-hydrogen) atoms. The van der Waals surface area contributed by atoms with Gasteiger partial charge < -0.3 is 10.5 Å². The smallest absolute Gasteiger partial charge is 0.287 e. The van der Waals surface area contributed by atoms with Crippen LogP contribution in [0.2, 0.25) is 0 Å². The van der Waals surface area contributed by atoms with Crippen LogP contribution in [0, 0.1) is 21.4 Å². The molecule has 0 amide bonds. The molecule has 0 fully saturated rings. The quantitative estimate of drug-likeness (QED) is 0.516. The van der Waals surface area contributed by atoms with Gasteiger partial charge in [0.05, 0.1) is 4.92 Å². The van der Waals surface area contributed by atoms with Crippen LogP contribution in [0.4, 0.5) is 11.4 Å². The highest BCUT2D eigenvalue weighted by Crippen LogP contribution is 2.27. The molecule has 0 saturated carbocycles. The van der Waals surface area contributed by atoms with Crippen LogP contribution in [0.15, 0.2) is 42.5 Å². The second-order valence-electron chi connectivity index (χ2n) is 3.72. The number of benzene rings is 2. The van der Waals surface area contributed by atoms with Crippen molar-refractivity contribution in [3.8, 4) is 17.6 Å². The van der Waals surface area contributed by atoms with E-state index in [9.17, 15) is 10.1 Å². The molecule has 2 rings (SSSR count). The van der Waals surface area contributed by atoms with Crippen molar-refractivity contribution < 1.29 is 9.66 Å². The van der Waals surface area contributed by atoms with Crippen molar-refractivity contribution in [2.24, 2.45) is 0 Å². The van der Waals surface area contributed by atoms with Crippen LogP contribution < -0.4 is 10.5 Å². The Balaban J connectivity index is 2.32. The normalized spacial score (nSPS) is 9.63. The van der Waals surface area contributed by atoms with Crippen molar-refractivity contribution in [3.63, 3.8) is 0 Å². The molecule has 0 radical (unpaired) electrons. The minimum absolute atomic E-state index is 0.0496. The van der Waals surface area contributed by atoms with Gasteiger partial charge >= 0.3 is 0 Å². The van der Waals surface area contributed by atoms with Crippen molar-refractivity contribution in [2.75, 3.05) is 5.73 Å². The molecule has 0 aliphatic heterocycles. The number of anilines is 1. The summed E-state index contributed by atoms with van der Waals surface area (Å²) >= 11 is 0. The number of nitrogen functional groups attached to an aromatic ring is 1. The first-order valence-corrected chi connectivity index (χ1v) is 5.32. The zero-order chi connectivity index (χ0) is 13.8. The first-order chi connectivity index (χ1) is 9.10. The predicted octanol–water partition coefficient (Wildman–Crippen LogP) is 2.84. The van der Waals surface area contributed by atoms with Gasteiger partial charge in [-0.05, 0) is 18.2 Å². The maximum atomic E-state index is 10.7. The SMILES string of the molecule is N#Cc1cc(Oc2cccc(N)c2)ccc1[N+](=O)[O-]. The Bertz CT molecular complexity index is 677.